The standard InChI is InChI=1S/C20H28N2O5/c1-3-26-19(24)16(13-15-9-6-5-7-10-15)21-18(23)14-22-12-8-11-17(22)20(25)27-4-2/h5-7,9-10,16-17H,3-4,8,11-14H2,1-2H3,(H,21,23)/t16-,17?/m0/s1. The van der Waals surface area contributed by atoms with Crippen LogP contribution in [0.1, 0.15) is 32.3 Å². The Morgan fingerprint density at radius 3 is 2.52 bits per heavy atom. The van der Waals surface area contributed by atoms with Crippen molar-refractivity contribution in [2.45, 2.75) is 45.2 Å². The lowest BCUT2D eigenvalue weighted by Crippen LogP contribution is -2.49. The van der Waals surface area contributed by atoms with Crippen molar-refractivity contribution in [3.05, 3.63) is 35.9 Å². The van der Waals surface area contributed by atoms with E-state index in [4.69, 9.17) is 9.47 Å². The molecule has 0 spiro atoms. The van der Waals surface area contributed by atoms with Crippen LogP contribution in [0.25, 0.3) is 0 Å². The Kier molecular flexibility index (Phi) is 8.26. The second-order valence-corrected chi connectivity index (χ2v) is 6.44. The molecule has 2 atom stereocenters. The second-order valence-electron chi connectivity index (χ2n) is 6.44. The highest BCUT2D eigenvalue weighted by Gasteiger charge is 2.33. The maximum atomic E-state index is 12.5. The molecule has 0 bridgehead atoms. The predicted molar refractivity (Wildman–Crippen MR) is 99.9 cm³/mol. The van der Waals surface area contributed by atoms with E-state index in [0.29, 0.717) is 26.0 Å². The molecule has 1 fully saturated rings. The van der Waals surface area contributed by atoms with Crippen LogP contribution in [-0.4, -0.2) is 61.1 Å². The SMILES string of the molecule is CCOC(=O)C1CCCN1CC(=O)N[C@@H](Cc1ccccc1)C(=O)OCC. The minimum atomic E-state index is -0.761. The number of amides is 1. The van der Waals surface area contributed by atoms with E-state index in [9.17, 15) is 14.4 Å². The number of esters is 2. The zero-order valence-corrected chi connectivity index (χ0v) is 16.0. The van der Waals surface area contributed by atoms with Crippen LogP contribution in [0, 0.1) is 0 Å². The van der Waals surface area contributed by atoms with Crippen molar-refractivity contribution in [2.24, 2.45) is 0 Å². The van der Waals surface area contributed by atoms with Crippen LogP contribution in [0.4, 0.5) is 0 Å². The van der Waals surface area contributed by atoms with Gasteiger partial charge in [0.1, 0.15) is 12.1 Å². The molecule has 1 aliphatic heterocycles. The molecule has 1 amide bonds. The average molecular weight is 376 g/mol. The highest BCUT2D eigenvalue weighted by atomic mass is 16.5. The molecule has 1 heterocycles. The molecule has 1 saturated heterocycles. The van der Waals surface area contributed by atoms with Gasteiger partial charge < -0.3 is 14.8 Å². The van der Waals surface area contributed by atoms with Crippen molar-refractivity contribution in [3.8, 4) is 0 Å². The van der Waals surface area contributed by atoms with Crippen LogP contribution < -0.4 is 5.32 Å². The number of ether oxygens (including phenoxy) is 2. The van der Waals surface area contributed by atoms with Crippen molar-refractivity contribution in [1.82, 2.24) is 10.2 Å². The number of rotatable bonds is 9. The molecular formula is C20H28N2O5. The molecule has 1 aromatic carbocycles. The van der Waals surface area contributed by atoms with Gasteiger partial charge in [-0.05, 0) is 38.8 Å². The Morgan fingerprint density at radius 2 is 1.85 bits per heavy atom. The van der Waals surface area contributed by atoms with Gasteiger partial charge >= 0.3 is 11.9 Å². The molecule has 2 rings (SSSR count). The van der Waals surface area contributed by atoms with Crippen molar-refractivity contribution < 1.29 is 23.9 Å². The summed E-state index contributed by atoms with van der Waals surface area (Å²) in [5.74, 6) is -1.06. The van der Waals surface area contributed by atoms with Crippen molar-refractivity contribution >= 4 is 17.8 Å². The van der Waals surface area contributed by atoms with E-state index in [0.717, 1.165) is 12.0 Å². The van der Waals surface area contributed by atoms with Gasteiger partial charge in [0.05, 0.1) is 19.8 Å². The first-order valence-corrected chi connectivity index (χ1v) is 9.45. The lowest BCUT2D eigenvalue weighted by atomic mass is 10.1. The van der Waals surface area contributed by atoms with Crippen LogP contribution in [0.3, 0.4) is 0 Å². The molecule has 27 heavy (non-hydrogen) atoms. The van der Waals surface area contributed by atoms with Crippen LogP contribution in [-0.2, 0) is 30.3 Å². The molecule has 0 aromatic heterocycles. The van der Waals surface area contributed by atoms with Crippen LogP contribution in [0.2, 0.25) is 0 Å². The van der Waals surface area contributed by atoms with E-state index >= 15 is 0 Å². The first-order valence-electron chi connectivity index (χ1n) is 9.45. The van der Waals surface area contributed by atoms with Gasteiger partial charge in [0.15, 0.2) is 0 Å². The van der Waals surface area contributed by atoms with E-state index < -0.39 is 18.1 Å². The highest BCUT2D eigenvalue weighted by molar-refractivity contribution is 5.86. The molecule has 1 aromatic rings. The zero-order chi connectivity index (χ0) is 19.6. The summed E-state index contributed by atoms with van der Waals surface area (Å²) >= 11 is 0. The fourth-order valence-corrected chi connectivity index (χ4v) is 3.23. The van der Waals surface area contributed by atoms with Gasteiger partial charge in [-0.1, -0.05) is 30.3 Å². The van der Waals surface area contributed by atoms with Gasteiger partial charge in [0.2, 0.25) is 5.91 Å². The number of hydrogen-bond acceptors (Lipinski definition) is 6. The third kappa shape index (κ3) is 6.36. The Morgan fingerprint density at radius 1 is 1.15 bits per heavy atom. The minimum absolute atomic E-state index is 0.0498. The maximum Gasteiger partial charge on any atom is 0.328 e. The maximum absolute atomic E-state index is 12.5. The Hall–Kier alpha value is -2.41. The van der Waals surface area contributed by atoms with Crippen molar-refractivity contribution in [3.63, 3.8) is 0 Å². The minimum Gasteiger partial charge on any atom is -0.465 e. The molecule has 0 aliphatic carbocycles. The third-order valence-electron chi connectivity index (χ3n) is 4.46. The van der Waals surface area contributed by atoms with Crippen LogP contribution >= 0.6 is 0 Å². The number of hydrogen-bond donors (Lipinski definition) is 1. The lowest BCUT2D eigenvalue weighted by Gasteiger charge is -2.24. The quantitative estimate of drug-likeness (QED) is 0.654. The molecule has 1 N–H and O–H groups in total. The van der Waals surface area contributed by atoms with Crippen molar-refractivity contribution in [2.75, 3.05) is 26.3 Å². The number of carbonyl (C=O) groups excluding carboxylic acids is 3. The van der Waals surface area contributed by atoms with E-state index in [1.807, 2.05) is 30.3 Å². The fourth-order valence-electron chi connectivity index (χ4n) is 3.23. The van der Waals surface area contributed by atoms with E-state index in [1.54, 1.807) is 18.7 Å². The predicted octanol–water partition coefficient (Wildman–Crippen LogP) is 1.30. The number of carbonyl (C=O) groups is 3. The Bertz CT molecular complexity index is 635. The van der Waals surface area contributed by atoms with Gasteiger partial charge in [0.25, 0.3) is 0 Å². The smallest absolute Gasteiger partial charge is 0.328 e. The topological polar surface area (TPSA) is 84.9 Å². The summed E-state index contributed by atoms with van der Waals surface area (Å²) in [5.41, 5.74) is 0.932. The van der Waals surface area contributed by atoms with Gasteiger partial charge in [-0.2, -0.15) is 0 Å². The number of likely N-dealkylation sites (tertiary alicyclic amines) is 1. The molecule has 148 valence electrons. The van der Waals surface area contributed by atoms with Crippen molar-refractivity contribution in [1.29, 1.82) is 0 Å². The summed E-state index contributed by atoms with van der Waals surface area (Å²) in [7, 11) is 0. The third-order valence-corrected chi connectivity index (χ3v) is 4.46. The van der Waals surface area contributed by atoms with Gasteiger partial charge in [-0.15, -0.1) is 0 Å². The fraction of sp³-hybridized carbons (Fsp3) is 0.550. The number of nitrogens with zero attached hydrogens (tertiary/aromatic N) is 1. The van der Waals surface area contributed by atoms with Gasteiger partial charge in [0, 0.05) is 6.42 Å². The molecule has 7 nitrogen and oxygen atoms in total. The number of benzene rings is 1. The van der Waals surface area contributed by atoms with Gasteiger partial charge in [-0.25, -0.2) is 4.79 Å². The van der Waals surface area contributed by atoms with Crippen LogP contribution in [0.15, 0.2) is 30.3 Å². The summed E-state index contributed by atoms with van der Waals surface area (Å²) in [6.07, 6.45) is 1.87. The molecule has 7 heteroatoms. The highest BCUT2D eigenvalue weighted by Crippen LogP contribution is 2.18. The summed E-state index contributed by atoms with van der Waals surface area (Å²) in [4.78, 5) is 38.6. The molecule has 1 aliphatic rings. The van der Waals surface area contributed by atoms with Gasteiger partial charge in [-0.3, -0.25) is 14.5 Å². The van der Waals surface area contributed by atoms with E-state index in [-0.39, 0.29) is 25.0 Å². The summed E-state index contributed by atoms with van der Waals surface area (Å²) in [6.45, 7) is 4.76. The monoisotopic (exact) mass is 376 g/mol. The molecule has 0 saturated carbocycles. The molecular weight excluding hydrogens is 348 g/mol. The largest absolute Gasteiger partial charge is 0.465 e. The van der Waals surface area contributed by atoms with E-state index in [1.165, 1.54) is 0 Å². The lowest BCUT2D eigenvalue weighted by molar-refractivity contribution is -0.150. The van der Waals surface area contributed by atoms with Crippen LogP contribution in [0.5, 0.6) is 0 Å². The molecule has 0 radical (unpaired) electrons. The summed E-state index contributed by atoms with van der Waals surface area (Å²) in [5, 5.41) is 2.76. The zero-order valence-electron chi connectivity index (χ0n) is 16.0. The Labute approximate surface area is 160 Å². The summed E-state index contributed by atoms with van der Waals surface area (Å²) < 4.78 is 10.2. The Balaban J connectivity index is 1.98. The average Bonchev–Trinajstić information content (AvgIpc) is 3.10. The molecule has 1 unspecified atom stereocenters. The van der Waals surface area contributed by atoms with E-state index in [2.05, 4.69) is 5.32 Å². The second kappa shape index (κ2) is 10.7. The normalized spacial score (nSPS) is 17.9. The summed E-state index contributed by atoms with van der Waals surface area (Å²) in [6, 6.07) is 8.30. The first-order chi connectivity index (χ1) is 13.0. The first kappa shape index (κ1) is 20.9. The number of nitrogens with one attached hydrogen (secondary N) is 1.